The molecule has 0 unspecified atom stereocenters. The van der Waals surface area contributed by atoms with Gasteiger partial charge in [-0.25, -0.2) is 9.78 Å². The van der Waals surface area contributed by atoms with Crippen molar-refractivity contribution in [3.8, 4) is 0 Å². The number of esters is 1. The second-order valence-corrected chi connectivity index (χ2v) is 4.23. The lowest BCUT2D eigenvalue weighted by molar-refractivity contribution is -0.136. The van der Waals surface area contributed by atoms with Crippen molar-refractivity contribution in [2.75, 3.05) is 12.4 Å². The van der Waals surface area contributed by atoms with Crippen LogP contribution in [0.1, 0.15) is 10.4 Å². The predicted molar refractivity (Wildman–Crippen MR) is 81.9 cm³/mol. The second kappa shape index (κ2) is 7.58. The molecule has 0 aliphatic carbocycles. The molecule has 0 saturated carbocycles. The van der Waals surface area contributed by atoms with E-state index in [1.807, 2.05) is 0 Å². The number of amides is 1. The van der Waals surface area contributed by atoms with E-state index in [0.717, 1.165) is 0 Å². The standard InChI is InChI=1S/C16H15N3O3/c1-22-16(21)13(11-18-14-9-5-6-10-17-14)19-15(20)12-7-3-2-4-8-12/h2-11H,1H3,(H,17,18)(H,19,20)/b13-11-. The monoisotopic (exact) mass is 297 g/mol. The Balaban J connectivity index is 2.13. The van der Waals surface area contributed by atoms with Crippen LogP contribution in [-0.4, -0.2) is 24.0 Å². The summed E-state index contributed by atoms with van der Waals surface area (Å²) in [5, 5.41) is 5.34. The van der Waals surface area contributed by atoms with Crippen molar-refractivity contribution >= 4 is 17.7 Å². The van der Waals surface area contributed by atoms with Gasteiger partial charge in [-0.2, -0.15) is 0 Å². The highest BCUT2D eigenvalue weighted by molar-refractivity contribution is 6.01. The summed E-state index contributed by atoms with van der Waals surface area (Å²) >= 11 is 0. The van der Waals surface area contributed by atoms with Crippen molar-refractivity contribution < 1.29 is 14.3 Å². The third-order valence-electron chi connectivity index (χ3n) is 2.72. The molecule has 1 aromatic heterocycles. The maximum absolute atomic E-state index is 12.1. The number of ether oxygens (including phenoxy) is 1. The highest BCUT2D eigenvalue weighted by Gasteiger charge is 2.14. The lowest BCUT2D eigenvalue weighted by Crippen LogP contribution is -2.28. The van der Waals surface area contributed by atoms with Gasteiger partial charge in [0.1, 0.15) is 11.5 Å². The highest BCUT2D eigenvalue weighted by atomic mass is 16.5. The molecule has 0 fully saturated rings. The number of methoxy groups -OCH3 is 1. The van der Waals surface area contributed by atoms with Crippen LogP contribution in [0.3, 0.4) is 0 Å². The van der Waals surface area contributed by atoms with E-state index in [-0.39, 0.29) is 5.70 Å². The number of anilines is 1. The normalized spacial score (nSPS) is 10.7. The summed E-state index contributed by atoms with van der Waals surface area (Å²) in [7, 11) is 1.24. The number of nitrogens with zero attached hydrogens (tertiary/aromatic N) is 1. The maximum atomic E-state index is 12.1. The van der Waals surface area contributed by atoms with Crippen molar-refractivity contribution in [1.82, 2.24) is 10.3 Å². The third kappa shape index (κ3) is 4.17. The smallest absolute Gasteiger partial charge is 0.356 e. The molecule has 0 atom stereocenters. The van der Waals surface area contributed by atoms with Gasteiger partial charge in [0, 0.05) is 18.0 Å². The molecular weight excluding hydrogens is 282 g/mol. The van der Waals surface area contributed by atoms with Crippen molar-refractivity contribution in [3.05, 3.63) is 72.2 Å². The van der Waals surface area contributed by atoms with Crippen LogP contribution >= 0.6 is 0 Å². The van der Waals surface area contributed by atoms with Crippen LogP contribution in [0, 0.1) is 0 Å². The first-order valence-corrected chi connectivity index (χ1v) is 6.53. The Labute approximate surface area is 127 Å². The molecule has 0 aliphatic heterocycles. The second-order valence-electron chi connectivity index (χ2n) is 4.23. The number of carbonyl (C=O) groups excluding carboxylic acids is 2. The minimum atomic E-state index is -0.660. The number of benzene rings is 1. The van der Waals surface area contributed by atoms with E-state index in [4.69, 9.17) is 0 Å². The van der Waals surface area contributed by atoms with E-state index < -0.39 is 11.9 Å². The van der Waals surface area contributed by atoms with Crippen LogP contribution in [0.2, 0.25) is 0 Å². The Morgan fingerprint density at radius 1 is 1.09 bits per heavy atom. The fourth-order valence-corrected chi connectivity index (χ4v) is 1.63. The molecule has 6 nitrogen and oxygen atoms in total. The van der Waals surface area contributed by atoms with E-state index in [2.05, 4.69) is 20.4 Å². The first kappa shape index (κ1) is 15.2. The van der Waals surface area contributed by atoms with E-state index in [1.54, 1.807) is 54.7 Å². The van der Waals surface area contributed by atoms with Gasteiger partial charge in [0.15, 0.2) is 0 Å². The minimum Gasteiger partial charge on any atom is -0.464 e. The topological polar surface area (TPSA) is 80.3 Å². The lowest BCUT2D eigenvalue weighted by atomic mass is 10.2. The Morgan fingerprint density at radius 2 is 1.82 bits per heavy atom. The fourth-order valence-electron chi connectivity index (χ4n) is 1.63. The first-order chi connectivity index (χ1) is 10.7. The zero-order valence-electron chi connectivity index (χ0n) is 11.9. The van der Waals surface area contributed by atoms with Crippen molar-refractivity contribution in [3.63, 3.8) is 0 Å². The predicted octanol–water partition coefficient (Wildman–Crippen LogP) is 1.94. The van der Waals surface area contributed by atoms with Gasteiger partial charge in [-0.3, -0.25) is 4.79 Å². The average Bonchev–Trinajstić information content (AvgIpc) is 2.59. The largest absolute Gasteiger partial charge is 0.464 e. The summed E-state index contributed by atoms with van der Waals surface area (Å²) in [6.07, 6.45) is 2.95. The van der Waals surface area contributed by atoms with Gasteiger partial charge >= 0.3 is 5.97 Å². The van der Waals surface area contributed by atoms with Gasteiger partial charge in [-0.1, -0.05) is 24.3 Å². The summed E-state index contributed by atoms with van der Waals surface area (Å²) in [6.45, 7) is 0. The van der Waals surface area contributed by atoms with E-state index >= 15 is 0 Å². The Kier molecular flexibility index (Phi) is 5.25. The van der Waals surface area contributed by atoms with E-state index in [9.17, 15) is 9.59 Å². The number of hydrogen-bond acceptors (Lipinski definition) is 5. The van der Waals surface area contributed by atoms with Gasteiger partial charge in [-0.15, -0.1) is 0 Å². The molecule has 2 aromatic rings. The quantitative estimate of drug-likeness (QED) is 0.651. The molecule has 1 aromatic carbocycles. The number of pyridine rings is 1. The number of aromatic nitrogens is 1. The van der Waals surface area contributed by atoms with E-state index in [1.165, 1.54) is 13.3 Å². The van der Waals surface area contributed by atoms with Crippen LogP contribution in [0.15, 0.2) is 66.6 Å². The van der Waals surface area contributed by atoms with Crippen LogP contribution in [0.25, 0.3) is 0 Å². The minimum absolute atomic E-state index is 0.0120. The Bertz CT molecular complexity index is 670. The molecular formula is C16H15N3O3. The van der Waals surface area contributed by atoms with Gasteiger partial charge in [0.2, 0.25) is 0 Å². The van der Waals surface area contributed by atoms with Crippen LogP contribution in [-0.2, 0) is 9.53 Å². The van der Waals surface area contributed by atoms with Crippen LogP contribution in [0.5, 0.6) is 0 Å². The zero-order chi connectivity index (χ0) is 15.8. The molecule has 0 spiro atoms. The molecule has 0 saturated heterocycles. The zero-order valence-corrected chi connectivity index (χ0v) is 11.9. The molecule has 1 amide bonds. The molecule has 2 rings (SSSR count). The number of carbonyl (C=O) groups is 2. The number of hydrogen-bond donors (Lipinski definition) is 2. The fraction of sp³-hybridized carbons (Fsp3) is 0.0625. The maximum Gasteiger partial charge on any atom is 0.356 e. The van der Waals surface area contributed by atoms with E-state index in [0.29, 0.717) is 11.4 Å². The summed E-state index contributed by atoms with van der Waals surface area (Å²) in [4.78, 5) is 27.9. The summed E-state index contributed by atoms with van der Waals surface area (Å²) in [6, 6.07) is 13.9. The average molecular weight is 297 g/mol. The van der Waals surface area contributed by atoms with Gasteiger partial charge in [0.25, 0.3) is 5.91 Å². The Hall–Kier alpha value is -3.15. The number of nitrogens with one attached hydrogen (secondary N) is 2. The SMILES string of the molecule is COC(=O)/C(=C/Nc1ccccn1)NC(=O)c1ccccc1. The van der Waals surface area contributed by atoms with Crippen LogP contribution < -0.4 is 10.6 Å². The van der Waals surface area contributed by atoms with Gasteiger partial charge < -0.3 is 15.4 Å². The molecule has 112 valence electrons. The summed E-state index contributed by atoms with van der Waals surface area (Å²) < 4.78 is 4.66. The summed E-state index contributed by atoms with van der Waals surface area (Å²) in [5.41, 5.74) is 0.428. The Morgan fingerprint density at radius 3 is 2.45 bits per heavy atom. The van der Waals surface area contributed by atoms with Crippen molar-refractivity contribution in [2.24, 2.45) is 0 Å². The lowest BCUT2D eigenvalue weighted by Gasteiger charge is -2.09. The molecule has 2 N–H and O–H groups in total. The van der Waals surface area contributed by atoms with Gasteiger partial charge in [0.05, 0.1) is 7.11 Å². The van der Waals surface area contributed by atoms with Crippen molar-refractivity contribution in [2.45, 2.75) is 0 Å². The number of rotatable bonds is 5. The van der Waals surface area contributed by atoms with Gasteiger partial charge in [-0.05, 0) is 24.3 Å². The molecule has 0 bridgehead atoms. The first-order valence-electron chi connectivity index (χ1n) is 6.53. The highest BCUT2D eigenvalue weighted by Crippen LogP contribution is 2.04. The van der Waals surface area contributed by atoms with Crippen LogP contribution in [0.4, 0.5) is 5.82 Å². The molecule has 0 aliphatic rings. The molecule has 0 radical (unpaired) electrons. The molecule has 1 heterocycles. The molecule has 22 heavy (non-hydrogen) atoms. The third-order valence-corrected chi connectivity index (χ3v) is 2.72. The summed E-state index contributed by atoms with van der Waals surface area (Å²) in [5.74, 6) is -0.523. The van der Waals surface area contributed by atoms with Crippen molar-refractivity contribution in [1.29, 1.82) is 0 Å². The molecule has 6 heteroatoms.